The van der Waals surface area contributed by atoms with Crippen LogP contribution in [0.1, 0.15) is 6.92 Å². The molecule has 0 aliphatic carbocycles. The van der Waals surface area contributed by atoms with Gasteiger partial charge < -0.3 is 9.72 Å². The predicted molar refractivity (Wildman–Crippen MR) is 76.4 cm³/mol. The van der Waals surface area contributed by atoms with E-state index in [9.17, 15) is 4.79 Å². The number of para-hydroxylation sites is 2. The molecule has 0 aliphatic rings. The second-order valence-corrected chi connectivity index (χ2v) is 3.93. The summed E-state index contributed by atoms with van der Waals surface area (Å²) in [6.07, 6.45) is 8.44. The van der Waals surface area contributed by atoms with Gasteiger partial charge in [-0.05, 0) is 31.2 Å². The number of benzene rings is 1. The number of H-pyrrole nitrogens is 1. The molecule has 19 heavy (non-hydrogen) atoms. The van der Waals surface area contributed by atoms with Crippen molar-refractivity contribution in [2.45, 2.75) is 6.92 Å². The highest BCUT2D eigenvalue weighted by atomic mass is 16.5. The van der Waals surface area contributed by atoms with Crippen molar-refractivity contribution in [3.05, 3.63) is 52.7 Å². The average molecular weight is 254 g/mol. The maximum Gasteiger partial charge on any atom is 0.331 e. The third-order valence-electron chi connectivity index (χ3n) is 2.83. The lowest BCUT2D eigenvalue weighted by Gasteiger charge is -2.08. The molecule has 0 spiro atoms. The summed E-state index contributed by atoms with van der Waals surface area (Å²) in [5.74, 6) is 3.02. The smallest absolute Gasteiger partial charge is 0.331 e. The van der Waals surface area contributed by atoms with E-state index >= 15 is 0 Å². The highest BCUT2D eigenvalue weighted by Crippen LogP contribution is 2.18. The molecule has 0 saturated heterocycles. The largest absolute Gasteiger partial charge is 0.499 e. The SMILES string of the molecule is C#C/C=C\C(=C(/C)OC)n1c(=O)[nH]c2ccccc21. The molecular formula is C15H14N2O2. The van der Waals surface area contributed by atoms with Crippen LogP contribution in [0.15, 0.2) is 47.0 Å². The number of rotatable bonds is 3. The van der Waals surface area contributed by atoms with Crippen LogP contribution < -0.4 is 5.69 Å². The maximum atomic E-state index is 12.1. The highest BCUT2D eigenvalue weighted by Gasteiger charge is 2.11. The van der Waals surface area contributed by atoms with Crippen molar-refractivity contribution >= 4 is 16.7 Å². The zero-order valence-electron chi connectivity index (χ0n) is 10.8. The van der Waals surface area contributed by atoms with Crippen LogP contribution in [0.2, 0.25) is 0 Å². The molecule has 1 heterocycles. The quantitative estimate of drug-likeness (QED) is 0.519. The van der Waals surface area contributed by atoms with Crippen molar-refractivity contribution in [2.75, 3.05) is 7.11 Å². The monoisotopic (exact) mass is 254 g/mol. The van der Waals surface area contributed by atoms with Gasteiger partial charge in [-0.15, -0.1) is 6.42 Å². The van der Waals surface area contributed by atoms with E-state index in [1.54, 1.807) is 24.7 Å². The zero-order valence-corrected chi connectivity index (χ0v) is 10.8. The van der Waals surface area contributed by atoms with Crippen LogP contribution in [-0.4, -0.2) is 16.7 Å². The molecule has 4 heteroatoms. The van der Waals surface area contributed by atoms with Crippen LogP contribution >= 0.6 is 0 Å². The Morgan fingerprint density at radius 3 is 2.89 bits per heavy atom. The Bertz CT molecular complexity index is 754. The van der Waals surface area contributed by atoms with Crippen molar-refractivity contribution in [1.29, 1.82) is 0 Å². The van der Waals surface area contributed by atoms with Crippen LogP contribution in [0.4, 0.5) is 0 Å². The van der Waals surface area contributed by atoms with E-state index in [1.807, 2.05) is 24.3 Å². The fourth-order valence-corrected chi connectivity index (χ4v) is 1.87. The van der Waals surface area contributed by atoms with Crippen molar-refractivity contribution < 1.29 is 4.74 Å². The van der Waals surface area contributed by atoms with E-state index in [2.05, 4.69) is 10.9 Å². The number of hydrogen-bond acceptors (Lipinski definition) is 2. The number of allylic oxidation sites excluding steroid dienone is 4. The molecule has 1 aromatic heterocycles. The van der Waals surface area contributed by atoms with E-state index < -0.39 is 0 Å². The lowest BCUT2D eigenvalue weighted by Crippen LogP contribution is -2.16. The van der Waals surface area contributed by atoms with E-state index in [-0.39, 0.29) is 5.69 Å². The van der Waals surface area contributed by atoms with Gasteiger partial charge in [0, 0.05) is 0 Å². The molecule has 2 aromatic rings. The summed E-state index contributed by atoms with van der Waals surface area (Å²) in [5, 5.41) is 0. The number of aromatic nitrogens is 2. The molecule has 4 nitrogen and oxygen atoms in total. The summed E-state index contributed by atoms with van der Waals surface area (Å²) >= 11 is 0. The van der Waals surface area contributed by atoms with Gasteiger partial charge in [-0.25, -0.2) is 4.79 Å². The first-order valence-corrected chi connectivity index (χ1v) is 5.76. The van der Waals surface area contributed by atoms with Gasteiger partial charge in [-0.2, -0.15) is 0 Å². The fraction of sp³-hybridized carbons (Fsp3) is 0.133. The molecule has 1 N–H and O–H groups in total. The maximum absolute atomic E-state index is 12.1. The fourth-order valence-electron chi connectivity index (χ4n) is 1.87. The Hall–Kier alpha value is -2.67. The van der Waals surface area contributed by atoms with Crippen molar-refractivity contribution in [1.82, 2.24) is 9.55 Å². The topological polar surface area (TPSA) is 47.0 Å². The number of hydrogen-bond donors (Lipinski definition) is 1. The minimum Gasteiger partial charge on any atom is -0.499 e. The number of ether oxygens (including phenoxy) is 1. The van der Waals surface area contributed by atoms with E-state index in [1.165, 1.54) is 6.08 Å². The van der Waals surface area contributed by atoms with Gasteiger partial charge in [0.1, 0.15) is 5.76 Å². The summed E-state index contributed by atoms with van der Waals surface area (Å²) < 4.78 is 6.77. The summed E-state index contributed by atoms with van der Waals surface area (Å²) in [6, 6.07) is 7.45. The number of nitrogens with zero attached hydrogens (tertiary/aromatic N) is 1. The Morgan fingerprint density at radius 1 is 1.47 bits per heavy atom. The van der Waals surface area contributed by atoms with Gasteiger partial charge in [0.05, 0.1) is 23.8 Å². The molecule has 0 unspecified atom stereocenters. The van der Waals surface area contributed by atoms with E-state index in [0.29, 0.717) is 11.5 Å². The number of nitrogens with one attached hydrogen (secondary N) is 1. The van der Waals surface area contributed by atoms with Gasteiger partial charge in [-0.3, -0.25) is 4.57 Å². The summed E-state index contributed by atoms with van der Waals surface area (Å²) in [6.45, 7) is 1.78. The van der Waals surface area contributed by atoms with Crippen LogP contribution in [0.25, 0.3) is 16.7 Å². The molecule has 1 aromatic carbocycles. The van der Waals surface area contributed by atoms with Crippen molar-refractivity contribution in [3.8, 4) is 12.3 Å². The molecule has 96 valence electrons. The molecular weight excluding hydrogens is 240 g/mol. The lowest BCUT2D eigenvalue weighted by molar-refractivity contribution is 0.294. The van der Waals surface area contributed by atoms with Gasteiger partial charge in [0.2, 0.25) is 0 Å². The highest BCUT2D eigenvalue weighted by molar-refractivity contribution is 5.81. The molecule has 0 fully saturated rings. The summed E-state index contributed by atoms with van der Waals surface area (Å²) in [4.78, 5) is 14.9. The molecule has 0 atom stereocenters. The number of imidazole rings is 1. The number of terminal acetylenes is 1. The Balaban J connectivity index is 2.78. The predicted octanol–water partition coefficient (Wildman–Crippen LogP) is 2.35. The second kappa shape index (κ2) is 5.32. The van der Waals surface area contributed by atoms with Gasteiger partial charge in [0.15, 0.2) is 0 Å². The Kier molecular flexibility index (Phi) is 3.58. The summed E-state index contributed by atoms with van der Waals surface area (Å²) in [7, 11) is 1.55. The average Bonchev–Trinajstić information content (AvgIpc) is 2.75. The van der Waals surface area contributed by atoms with Crippen LogP contribution in [0.3, 0.4) is 0 Å². The van der Waals surface area contributed by atoms with Gasteiger partial charge in [-0.1, -0.05) is 18.1 Å². The minimum atomic E-state index is -0.228. The third kappa shape index (κ3) is 2.31. The Morgan fingerprint density at radius 2 is 2.21 bits per heavy atom. The van der Waals surface area contributed by atoms with Crippen LogP contribution in [-0.2, 0) is 4.74 Å². The van der Waals surface area contributed by atoms with Crippen LogP contribution in [0.5, 0.6) is 0 Å². The lowest BCUT2D eigenvalue weighted by atomic mass is 10.3. The van der Waals surface area contributed by atoms with Gasteiger partial charge >= 0.3 is 5.69 Å². The minimum absolute atomic E-state index is 0.228. The van der Waals surface area contributed by atoms with Crippen LogP contribution in [0, 0.1) is 12.3 Å². The molecule has 0 aliphatic heterocycles. The van der Waals surface area contributed by atoms with Gasteiger partial charge in [0.25, 0.3) is 0 Å². The number of methoxy groups -OCH3 is 1. The first kappa shape index (κ1) is 12.8. The first-order valence-electron chi connectivity index (χ1n) is 5.76. The summed E-state index contributed by atoms with van der Waals surface area (Å²) in [5.41, 5.74) is 1.93. The standard InChI is InChI=1S/C15H14N2O2/c1-4-5-9-13(11(2)19-3)17-14-10-7-6-8-12(14)16-15(17)18/h1,5-10H,2-3H3,(H,16,18)/b9-5-,13-11-. The first-order chi connectivity index (χ1) is 9.19. The molecule has 0 saturated carbocycles. The molecule has 0 radical (unpaired) electrons. The van der Waals surface area contributed by atoms with Crippen molar-refractivity contribution in [3.63, 3.8) is 0 Å². The number of aromatic amines is 1. The number of fused-ring (bicyclic) bond motifs is 1. The Labute approximate surface area is 111 Å². The third-order valence-corrected chi connectivity index (χ3v) is 2.83. The molecule has 0 amide bonds. The van der Waals surface area contributed by atoms with Crippen molar-refractivity contribution in [2.24, 2.45) is 0 Å². The normalized spacial score (nSPS) is 12.5. The van der Waals surface area contributed by atoms with E-state index in [4.69, 9.17) is 11.2 Å². The second-order valence-electron chi connectivity index (χ2n) is 3.93. The zero-order chi connectivity index (χ0) is 13.8. The van der Waals surface area contributed by atoms with E-state index in [0.717, 1.165) is 11.0 Å². The molecule has 0 bridgehead atoms. The molecule has 2 rings (SSSR count).